The van der Waals surface area contributed by atoms with Crippen LogP contribution in [0.5, 0.6) is 0 Å². The lowest BCUT2D eigenvalue weighted by molar-refractivity contribution is 0.173. The van der Waals surface area contributed by atoms with Crippen molar-refractivity contribution in [2.75, 3.05) is 0 Å². The standard InChI is InChI=1S/C14H10Cl2F2O/c15-9-3-1-2-8(4-9)5-14(19)10-6-13(18)11(16)7-12(10)17/h1-4,6-7,14,19H,5H2. The fourth-order valence-electron chi connectivity index (χ4n) is 1.79. The van der Waals surface area contributed by atoms with E-state index in [0.717, 1.165) is 17.7 Å². The third-order valence-corrected chi connectivity index (χ3v) is 3.24. The molecular weight excluding hydrogens is 293 g/mol. The summed E-state index contributed by atoms with van der Waals surface area (Å²) >= 11 is 11.3. The molecule has 0 aromatic heterocycles. The van der Waals surface area contributed by atoms with Crippen molar-refractivity contribution in [1.29, 1.82) is 0 Å². The fraction of sp³-hybridized carbons (Fsp3) is 0.143. The van der Waals surface area contributed by atoms with Crippen LogP contribution in [0, 0.1) is 11.6 Å². The van der Waals surface area contributed by atoms with Crippen LogP contribution in [-0.2, 0) is 6.42 Å². The number of hydrogen-bond acceptors (Lipinski definition) is 1. The summed E-state index contributed by atoms with van der Waals surface area (Å²) in [6, 6.07) is 8.59. The van der Waals surface area contributed by atoms with Gasteiger partial charge < -0.3 is 5.11 Å². The Morgan fingerprint density at radius 2 is 1.79 bits per heavy atom. The van der Waals surface area contributed by atoms with E-state index in [2.05, 4.69) is 0 Å². The summed E-state index contributed by atoms with van der Waals surface area (Å²) in [5.41, 5.74) is 0.608. The maximum atomic E-state index is 13.6. The first-order chi connectivity index (χ1) is 8.97. The van der Waals surface area contributed by atoms with E-state index in [4.69, 9.17) is 23.2 Å². The number of rotatable bonds is 3. The number of benzene rings is 2. The molecule has 0 spiro atoms. The Morgan fingerprint density at radius 3 is 2.47 bits per heavy atom. The average Bonchev–Trinajstić information content (AvgIpc) is 2.33. The van der Waals surface area contributed by atoms with Gasteiger partial charge in [0.25, 0.3) is 0 Å². The van der Waals surface area contributed by atoms with Gasteiger partial charge in [0, 0.05) is 17.0 Å². The Hall–Kier alpha value is -1.16. The molecule has 1 N–H and O–H groups in total. The second kappa shape index (κ2) is 5.87. The van der Waals surface area contributed by atoms with Gasteiger partial charge in [-0.1, -0.05) is 35.3 Å². The van der Waals surface area contributed by atoms with Crippen molar-refractivity contribution in [2.45, 2.75) is 12.5 Å². The van der Waals surface area contributed by atoms with Crippen molar-refractivity contribution in [3.05, 3.63) is 69.2 Å². The van der Waals surface area contributed by atoms with Gasteiger partial charge in [-0.05, 0) is 29.8 Å². The molecule has 100 valence electrons. The number of aliphatic hydroxyl groups excluding tert-OH is 1. The van der Waals surface area contributed by atoms with Gasteiger partial charge in [0.1, 0.15) is 11.6 Å². The normalized spacial score (nSPS) is 12.5. The molecule has 0 aliphatic rings. The van der Waals surface area contributed by atoms with Crippen LogP contribution in [0.1, 0.15) is 17.2 Å². The number of halogens is 4. The predicted octanol–water partition coefficient (Wildman–Crippen LogP) is 4.55. The molecule has 1 nitrogen and oxygen atoms in total. The zero-order chi connectivity index (χ0) is 14.0. The summed E-state index contributed by atoms with van der Waals surface area (Å²) in [6.07, 6.45) is -1.02. The maximum Gasteiger partial charge on any atom is 0.142 e. The molecule has 5 heteroatoms. The Balaban J connectivity index is 2.25. The quantitative estimate of drug-likeness (QED) is 0.825. The Labute approximate surface area is 119 Å². The Bertz CT molecular complexity index is 602. The SMILES string of the molecule is OC(Cc1cccc(Cl)c1)c1cc(F)c(Cl)cc1F. The smallest absolute Gasteiger partial charge is 0.142 e. The van der Waals surface area contributed by atoms with Gasteiger partial charge in [-0.2, -0.15) is 0 Å². The van der Waals surface area contributed by atoms with E-state index < -0.39 is 17.7 Å². The molecule has 1 unspecified atom stereocenters. The first-order valence-corrected chi connectivity index (χ1v) is 6.30. The van der Waals surface area contributed by atoms with Crippen LogP contribution in [-0.4, -0.2) is 5.11 Å². The van der Waals surface area contributed by atoms with Crippen LogP contribution in [0.15, 0.2) is 36.4 Å². The van der Waals surface area contributed by atoms with Crippen LogP contribution in [0.2, 0.25) is 10.0 Å². The van der Waals surface area contributed by atoms with Crippen molar-refractivity contribution < 1.29 is 13.9 Å². The monoisotopic (exact) mass is 302 g/mol. The van der Waals surface area contributed by atoms with Crippen molar-refractivity contribution in [3.8, 4) is 0 Å². The highest BCUT2D eigenvalue weighted by molar-refractivity contribution is 6.31. The van der Waals surface area contributed by atoms with E-state index in [1.807, 2.05) is 0 Å². The summed E-state index contributed by atoms with van der Waals surface area (Å²) in [5.74, 6) is -1.50. The van der Waals surface area contributed by atoms with Crippen molar-refractivity contribution in [2.24, 2.45) is 0 Å². The molecule has 1 atom stereocenters. The molecule has 0 saturated carbocycles. The predicted molar refractivity (Wildman–Crippen MR) is 71.5 cm³/mol. The highest BCUT2D eigenvalue weighted by Gasteiger charge is 2.16. The van der Waals surface area contributed by atoms with Gasteiger partial charge in [0.15, 0.2) is 0 Å². The van der Waals surface area contributed by atoms with E-state index >= 15 is 0 Å². The molecule has 0 saturated heterocycles. The minimum absolute atomic E-state index is 0.123. The van der Waals surface area contributed by atoms with Crippen LogP contribution < -0.4 is 0 Å². The minimum Gasteiger partial charge on any atom is -0.388 e. The topological polar surface area (TPSA) is 20.2 Å². The molecule has 0 bridgehead atoms. The fourth-order valence-corrected chi connectivity index (χ4v) is 2.15. The minimum atomic E-state index is -1.16. The lowest BCUT2D eigenvalue weighted by Gasteiger charge is -2.13. The molecule has 0 radical (unpaired) electrons. The Morgan fingerprint density at radius 1 is 1.05 bits per heavy atom. The third kappa shape index (κ3) is 3.44. The van der Waals surface area contributed by atoms with E-state index in [0.29, 0.717) is 5.02 Å². The zero-order valence-corrected chi connectivity index (χ0v) is 11.2. The summed E-state index contributed by atoms with van der Waals surface area (Å²) in [5, 5.41) is 10.2. The van der Waals surface area contributed by atoms with E-state index in [9.17, 15) is 13.9 Å². The first kappa shape index (κ1) is 14.3. The van der Waals surface area contributed by atoms with Gasteiger partial charge in [-0.3, -0.25) is 0 Å². The summed E-state index contributed by atoms with van der Waals surface area (Å²) in [7, 11) is 0. The largest absolute Gasteiger partial charge is 0.388 e. The zero-order valence-electron chi connectivity index (χ0n) is 9.71. The molecule has 2 rings (SSSR count). The van der Waals surface area contributed by atoms with Gasteiger partial charge in [0.05, 0.1) is 11.1 Å². The van der Waals surface area contributed by atoms with Gasteiger partial charge >= 0.3 is 0 Å². The molecule has 19 heavy (non-hydrogen) atoms. The van der Waals surface area contributed by atoms with Gasteiger partial charge in [-0.15, -0.1) is 0 Å². The second-order valence-corrected chi connectivity index (χ2v) is 4.98. The summed E-state index contributed by atoms with van der Waals surface area (Å²) in [6.45, 7) is 0. The van der Waals surface area contributed by atoms with E-state index in [-0.39, 0.29) is 17.0 Å². The van der Waals surface area contributed by atoms with Gasteiger partial charge in [0.2, 0.25) is 0 Å². The maximum absolute atomic E-state index is 13.6. The molecule has 2 aromatic carbocycles. The van der Waals surface area contributed by atoms with E-state index in [1.165, 1.54) is 0 Å². The highest BCUT2D eigenvalue weighted by Crippen LogP contribution is 2.26. The lowest BCUT2D eigenvalue weighted by Crippen LogP contribution is -2.05. The van der Waals surface area contributed by atoms with Crippen molar-refractivity contribution in [3.63, 3.8) is 0 Å². The second-order valence-electron chi connectivity index (χ2n) is 4.14. The average molecular weight is 303 g/mol. The third-order valence-electron chi connectivity index (χ3n) is 2.72. The van der Waals surface area contributed by atoms with Crippen LogP contribution >= 0.6 is 23.2 Å². The molecule has 0 aliphatic carbocycles. The summed E-state index contributed by atoms with van der Waals surface area (Å²) in [4.78, 5) is 0. The highest BCUT2D eigenvalue weighted by atomic mass is 35.5. The number of hydrogen-bond donors (Lipinski definition) is 1. The molecule has 0 heterocycles. The molecule has 2 aromatic rings. The van der Waals surface area contributed by atoms with Crippen LogP contribution in [0.3, 0.4) is 0 Å². The van der Waals surface area contributed by atoms with Crippen LogP contribution in [0.4, 0.5) is 8.78 Å². The van der Waals surface area contributed by atoms with Crippen LogP contribution in [0.25, 0.3) is 0 Å². The Kier molecular flexibility index (Phi) is 4.40. The number of aliphatic hydroxyl groups is 1. The van der Waals surface area contributed by atoms with Crippen molar-refractivity contribution >= 4 is 23.2 Å². The lowest BCUT2D eigenvalue weighted by atomic mass is 10.0. The summed E-state index contributed by atoms with van der Waals surface area (Å²) < 4.78 is 26.9. The molecule has 0 aliphatic heterocycles. The first-order valence-electron chi connectivity index (χ1n) is 5.54. The molecule has 0 amide bonds. The van der Waals surface area contributed by atoms with Gasteiger partial charge in [-0.25, -0.2) is 8.78 Å². The molecular formula is C14H10Cl2F2O. The molecule has 0 fully saturated rings. The van der Waals surface area contributed by atoms with Crippen molar-refractivity contribution in [1.82, 2.24) is 0 Å². The van der Waals surface area contributed by atoms with E-state index in [1.54, 1.807) is 24.3 Å².